The Kier molecular flexibility index (Phi) is 6.55. The molecule has 0 aliphatic heterocycles. The number of thiophene rings is 1. The van der Waals surface area contributed by atoms with E-state index >= 15 is 0 Å². The van der Waals surface area contributed by atoms with E-state index in [2.05, 4.69) is 5.32 Å². The van der Waals surface area contributed by atoms with Crippen molar-refractivity contribution in [3.05, 3.63) is 16.0 Å². The number of hydrogen-bond acceptors (Lipinski definition) is 6. The first-order valence-electron chi connectivity index (χ1n) is 7.13. The Hall–Kier alpha value is -1.89. The lowest BCUT2D eigenvalue weighted by Crippen LogP contribution is -2.14. The van der Waals surface area contributed by atoms with Crippen molar-refractivity contribution >= 4 is 34.2 Å². The Labute approximate surface area is 133 Å². The molecule has 22 heavy (non-hydrogen) atoms. The van der Waals surface area contributed by atoms with Gasteiger partial charge in [0.2, 0.25) is 5.91 Å². The highest BCUT2D eigenvalue weighted by molar-refractivity contribution is 7.18. The molecule has 0 atom stereocenters. The molecule has 122 valence electrons. The van der Waals surface area contributed by atoms with Crippen LogP contribution in [-0.2, 0) is 14.3 Å². The second kappa shape index (κ2) is 7.93. The molecule has 0 aromatic carbocycles. The molecule has 0 aliphatic carbocycles. The fraction of sp³-hybridized carbons (Fsp3) is 0.533. The Morgan fingerprint density at radius 1 is 1.18 bits per heavy atom. The van der Waals surface area contributed by atoms with Crippen molar-refractivity contribution in [1.82, 2.24) is 0 Å². The van der Waals surface area contributed by atoms with Gasteiger partial charge in [-0.1, -0.05) is 6.92 Å². The van der Waals surface area contributed by atoms with Gasteiger partial charge < -0.3 is 14.8 Å². The van der Waals surface area contributed by atoms with Crippen molar-refractivity contribution in [3.8, 4) is 0 Å². The molecule has 0 spiro atoms. The first-order valence-corrected chi connectivity index (χ1v) is 7.94. The van der Waals surface area contributed by atoms with Crippen molar-refractivity contribution in [2.45, 2.75) is 47.1 Å². The molecule has 0 unspecified atom stereocenters. The molecule has 1 N–H and O–H groups in total. The number of rotatable bonds is 6. The minimum atomic E-state index is -0.564. The van der Waals surface area contributed by atoms with Gasteiger partial charge >= 0.3 is 11.9 Å². The average Bonchev–Trinajstić information content (AvgIpc) is 2.75. The van der Waals surface area contributed by atoms with Crippen LogP contribution in [0.25, 0.3) is 0 Å². The van der Waals surface area contributed by atoms with E-state index in [9.17, 15) is 14.4 Å². The van der Waals surface area contributed by atoms with Crippen LogP contribution in [0.15, 0.2) is 0 Å². The van der Waals surface area contributed by atoms with Gasteiger partial charge in [-0.25, -0.2) is 9.59 Å². The third-order valence-corrected chi connectivity index (χ3v) is 3.92. The molecule has 1 amide bonds. The van der Waals surface area contributed by atoms with E-state index < -0.39 is 11.9 Å². The number of anilines is 1. The smallest absolute Gasteiger partial charge is 0.348 e. The fourth-order valence-corrected chi connectivity index (χ4v) is 2.82. The van der Waals surface area contributed by atoms with Gasteiger partial charge in [0.25, 0.3) is 0 Å². The van der Waals surface area contributed by atoms with E-state index in [0.717, 1.165) is 11.3 Å². The highest BCUT2D eigenvalue weighted by atomic mass is 32.1. The summed E-state index contributed by atoms with van der Waals surface area (Å²) in [7, 11) is 0. The number of carbonyl (C=O) groups excluding carboxylic acids is 3. The van der Waals surface area contributed by atoms with E-state index in [1.54, 1.807) is 34.6 Å². The molecular weight excluding hydrogens is 306 g/mol. The van der Waals surface area contributed by atoms with Gasteiger partial charge in [-0.05, 0) is 33.3 Å². The molecule has 1 heterocycles. The summed E-state index contributed by atoms with van der Waals surface area (Å²) in [6, 6.07) is 0. The van der Waals surface area contributed by atoms with Crippen LogP contribution in [0.1, 0.15) is 59.7 Å². The molecule has 0 saturated carbocycles. The fourth-order valence-electron chi connectivity index (χ4n) is 1.73. The summed E-state index contributed by atoms with van der Waals surface area (Å²) in [5, 5.41) is 2.96. The monoisotopic (exact) mass is 327 g/mol. The third kappa shape index (κ3) is 4.30. The molecule has 1 aromatic heterocycles. The Morgan fingerprint density at radius 2 is 1.82 bits per heavy atom. The van der Waals surface area contributed by atoms with Crippen LogP contribution in [-0.4, -0.2) is 30.6 Å². The SMILES string of the molecule is CCOC(=O)c1c(NC(=O)CC)sc(C(=O)OC(C)C)c1C. The Balaban J connectivity index is 3.26. The van der Waals surface area contributed by atoms with Crippen molar-refractivity contribution in [2.75, 3.05) is 11.9 Å². The molecule has 1 aromatic rings. The lowest BCUT2D eigenvalue weighted by atomic mass is 10.1. The highest BCUT2D eigenvalue weighted by Crippen LogP contribution is 2.34. The summed E-state index contributed by atoms with van der Waals surface area (Å²) in [5.41, 5.74) is 0.671. The molecule has 1 rings (SSSR count). The van der Waals surface area contributed by atoms with E-state index in [-0.39, 0.29) is 30.6 Å². The number of nitrogens with one attached hydrogen (secondary N) is 1. The molecule has 7 heteroatoms. The van der Waals surface area contributed by atoms with Crippen LogP contribution < -0.4 is 5.32 Å². The maximum absolute atomic E-state index is 12.1. The van der Waals surface area contributed by atoms with Crippen molar-refractivity contribution in [2.24, 2.45) is 0 Å². The molecule has 0 bridgehead atoms. The minimum absolute atomic E-state index is 0.209. The van der Waals surface area contributed by atoms with Gasteiger partial charge in [0, 0.05) is 6.42 Å². The first kappa shape index (κ1) is 18.2. The van der Waals surface area contributed by atoms with Crippen LogP contribution in [0.3, 0.4) is 0 Å². The Morgan fingerprint density at radius 3 is 2.32 bits per heavy atom. The lowest BCUT2D eigenvalue weighted by molar-refractivity contribution is -0.115. The zero-order valence-electron chi connectivity index (χ0n) is 13.4. The van der Waals surface area contributed by atoms with Gasteiger partial charge in [0.15, 0.2) is 0 Å². The molecule has 0 fully saturated rings. The van der Waals surface area contributed by atoms with E-state index in [1.807, 2.05) is 0 Å². The van der Waals surface area contributed by atoms with Crippen LogP contribution in [0.4, 0.5) is 5.00 Å². The van der Waals surface area contributed by atoms with Crippen LogP contribution in [0.5, 0.6) is 0 Å². The first-order chi connectivity index (χ1) is 10.3. The maximum Gasteiger partial charge on any atom is 0.348 e. The topological polar surface area (TPSA) is 81.7 Å². The lowest BCUT2D eigenvalue weighted by Gasteiger charge is -2.07. The predicted molar refractivity (Wildman–Crippen MR) is 84.5 cm³/mol. The molecule has 0 saturated heterocycles. The summed E-state index contributed by atoms with van der Waals surface area (Å²) in [6.45, 7) is 8.73. The predicted octanol–water partition coefficient (Wildman–Crippen LogP) is 3.15. The van der Waals surface area contributed by atoms with Gasteiger partial charge in [-0.3, -0.25) is 4.79 Å². The summed E-state index contributed by atoms with van der Waals surface area (Å²) < 4.78 is 10.2. The van der Waals surface area contributed by atoms with Gasteiger partial charge in [0.1, 0.15) is 9.88 Å². The number of esters is 2. The molecule has 0 aliphatic rings. The standard InChI is InChI=1S/C15H21NO5S/c1-6-10(17)16-13-11(14(18)20-7-2)9(5)12(22-13)15(19)21-8(3)4/h8H,6-7H2,1-5H3,(H,16,17). The Bertz CT molecular complexity index is 577. The van der Waals surface area contributed by atoms with Gasteiger partial charge in [-0.2, -0.15) is 0 Å². The second-order valence-electron chi connectivity index (χ2n) is 4.84. The normalized spacial score (nSPS) is 10.5. The molecule has 0 radical (unpaired) electrons. The zero-order valence-corrected chi connectivity index (χ0v) is 14.3. The van der Waals surface area contributed by atoms with E-state index in [0.29, 0.717) is 15.4 Å². The van der Waals surface area contributed by atoms with Gasteiger partial charge in [0.05, 0.1) is 18.3 Å². The van der Waals surface area contributed by atoms with Gasteiger partial charge in [-0.15, -0.1) is 11.3 Å². The van der Waals surface area contributed by atoms with E-state index in [1.165, 1.54) is 0 Å². The number of hydrogen-bond donors (Lipinski definition) is 1. The number of amides is 1. The second-order valence-corrected chi connectivity index (χ2v) is 5.86. The van der Waals surface area contributed by atoms with Crippen LogP contribution >= 0.6 is 11.3 Å². The molecule has 6 nitrogen and oxygen atoms in total. The van der Waals surface area contributed by atoms with Crippen molar-refractivity contribution in [1.29, 1.82) is 0 Å². The van der Waals surface area contributed by atoms with Crippen LogP contribution in [0.2, 0.25) is 0 Å². The number of carbonyl (C=O) groups is 3. The summed E-state index contributed by atoms with van der Waals surface area (Å²) in [4.78, 5) is 36.1. The van der Waals surface area contributed by atoms with Crippen molar-refractivity contribution in [3.63, 3.8) is 0 Å². The van der Waals surface area contributed by atoms with Crippen molar-refractivity contribution < 1.29 is 23.9 Å². The molecular formula is C15H21NO5S. The quantitative estimate of drug-likeness (QED) is 0.812. The summed E-state index contributed by atoms with van der Waals surface area (Å²) in [5.74, 6) is -1.32. The maximum atomic E-state index is 12.1. The van der Waals surface area contributed by atoms with Crippen LogP contribution in [0, 0.1) is 6.92 Å². The van der Waals surface area contributed by atoms with E-state index in [4.69, 9.17) is 9.47 Å². The summed E-state index contributed by atoms with van der Waals surface area (Å²) >= 11 is 1.03. The third-order valence-electron chi connectivity index (χ3n) is 2.73. The highest BCUT2D eigenvalue weighted by Gasteiger charge is 2.27. The average molecular weight is 327 g/mol. The minimum Gasteiger partial charge on any atom is -0.462 e. The largest absolute Gasteiger partial charge is 0.462 e. The summed E-state index contributed by atoms with van der Waals surface area (Å²) in [6.07, 6.45) is -0.000862. The zero-order chi connectivity index (χ0) is 16.9. The number of ether oxygens (including phenoxy) is 2.